The van der Waals surface area contributed by atoms with Crippen molar-refractivity contribution in [2.45, 2.75) is 45.3 Å². The molecule has 2 aromatic rings. The number of hydrogen-bond acceptors (Lipinski definition) is 3. The van der Waals surface area contributed by atoms with Gasteiger partial charge in [-0.3, -0.25) is 4.79 Å². The minimum absolute atomic E-state index is 0.00409. The van der Waals surface area contributed by atoms with Gasteiger partial charge < -0.3 is 9.67 Å². The van der Waals surface area contributed by atoms with Crippen LogP contribution in [0.2, 0.25) is 0 Å². The quantitative estimate of drug-likeness (QED) is 0.907. The summed E-state index contributed by atoms with van der Waals surface area (Å²) < 4.78 is 3.35. The van der Waals surface area contributed by atoms with Crippen LogP contribution in [0, 0.1) is 12.8 Å². The summed E-state index contributed by atoms with van der Waals surface area (Å²) in [5.74, 6) is 0.342. The van der Waals surface area contributed by atoms with Gasteiger partial charge >= 0.3 is 0 Å². The molecule has 0 saturated heterocycles. The molecule has 1 saturated carbocycles. The van der Waals surface area contributed by atoms with Crippen molar-refractivity contribution >= 4 is 5.52 Å². The average Bonchev–Trinajstić information content (AvgIpc) is 2.95. The molecule has 3 rings (SSSR count). The molecule has 0 amide bonds. The van der Waals surface area contributed by atoms with Crippen molar-refractivity contribution in [3.8, 4) is 0 Å². The van der Waals surface area contributed by atoms with Crippen LogP contribution in [-0.4, -0.2) is 25.4 Å². The molecule has 0 spiro atoms. The monoisotopic (exact) mass is 261 g/mol. The molecule has 19 heavy (non-hydrogen) atoms. The highest BCUT2D eigenvalue weighted by Gasteiger charge is 2.24. The zero-order valence-electron chi connectivity index (χ0n) is 11.1. The van der Waals surface area contributed by atoms with E-state index >= 15 is 0 Å². The van der Waals surface area contributed by atoms with Gasteiger partial charge in [-0.2, -0.15) is 5.10 Å². The Kier molecular flexibility index (Phi) is 3.14. The number of rotatable bonds is 3. The van der Waals surface area contributed by atoms with Crippen LogP contribution in [0.4, 0.5) is 0 Å². The second kappa shape index (κ2) is 4.81. The minimum Gasteiger partial charge on any atom is -0.393 e. The Bertz CT molecular complexity index is 644. The fourth-order valence-electron chi connectivity index (χ4n) is 2.98. The van der Waals surface area contributed by atoms with Crippen LogP contribution < -0.4 is 5.56 Å². The van der Waals surface area contributed by atoms with Gasteiger partial charge in [0.2, 0.25) is 0 Å². The van der Waals surface area contributed by atoms with E-state index in [1.165, 1.54) is 0 Å². The second-order valence-corrected chi connectivity index (χ2v) is 5.46. The predicted molar refractivity (Wildman–Crippen MR) is 72.2 cm³/mol. The summed E-state index contributed by atoms with van der Waals surface area (Å²) in [6.07, 6.45) is 7.35. The Morgan fingerprint density at radius 1 is 1.42 bits per heavy atom. The van der Waals surface area contributed by atoms with Crippen molar-refractivity contribution in [1.29, 1.82) is 0 Å². The van der Waals surface area contributed by atoms with Gasteiger partial charge in [-0.25, -0.2) is 4.52 Å². The van der Waals surface area contributed by atoms with Gasteiger partial charge in [0.1, 0.15) is 5.52 Å². The predicted octanol–water partition coefficient (Wildman–Crippen LogP) is 1.36. The Morgan fingerprint density at radius 2 is 2.26 bits per heavy atom. The van der Waals surface area contributed by atoms with Gasteiger partial charge in [-0.1, -0.05) is 6.42 Å². The van der Waals surface area contributed by atoms with Crippen molar-refractivity contribution in [1.82, 2.24) is 14.2 Å². The van der Waals surface area contributed by atoms with Gasteiger partial charge in [0, 0.05) is 18.9 Å². The van der Waals surface area contributed by atoms with Gasteiger partial charge in [0.05, 0.1) is 11.8 Å². The molecular formula is C14H19N3O2. The summed E-state index contributed by atoms with van der Waals surface area (Å²) >= 11 is 0. The largest absolute Gasteiger partial charge is 0.393 e. The van der Waals surface area contributed by atoms with Crippen LogP contribution >= 0.6 is 0 Å². The lowest BCUT2D eigenvalue weighted by atomic mass is 10.0. The number of aliphatic hydroxyl groups is 1. The van der Waals surface area contributed by atoms with E-state index in [9.17, 15) is 9.90 Å². The topological polar surface area (TPSA) is 59.5 Å². The van der Waals surface area contributed by atoms with Crippen LogP contribution in [0.15, 0.2) is 23.3 Å². The maximum absolute atomic E-state index is 12.3. The van der Waals surface area contributed by atoms with E-state index in [1.807, 2.05) is 19.2 Å². The highest BCUT2D eigenvalue weighted by molar-refractivity contribution is 5.44. The molecule has 0 bridgehead atoms. The van der Waals surface area contributed by atoms with Crippen LogP contribution in [0.1, 0.15) is 31.4 Å². The number of aliphatic hydroxyl groups excluding tert-OH is 1. The lowest BCUT2D eigenvalue weighted by Crippen LogP contribution is -2.24. The molecule has 2 unspecified atom stereocenters. The Morgan fingerprint density at radius 3 is 3.00 bits per heavy atom. The molecule has 5 heteroatoms. The molecule has 0 radical (unpaired) electrons. The van der Waals surface area contributed by atoms with Crippen molar-refractivity contribution in [3.05, 3.63) is 34.5 Å². The Balaban J connectivity index is 1.81. The molecule has 1 N–H and O–H groups in total. The highest BCUT2D eigenvalue weighted by atomic mass is 16.3. The maximum Gasteiger partial charge on any atom is 0.276 e. The van der Waals surface area contributed by atoms with Crippen molar-refractivity contribution in [2.24, 2.45) is 5.92 Å². The van der Waals surface area contributed by atoms with Gasteiger partial charge in [-0.05, 0) is 38.2 Å². The molecule has 2 atom stereocenters. The first-order chi connectivity index (χ1) is 9.15. The van der Waals surface area contributed by atoms with E-state index in [4.69, 9.17) is 0 Å². The summed E-state index contributed by atoms with van der Waals surface area (Å²) in [6, 6.07) is 1.81. The first-order valence-electron chi connectivity index (χ1n) is 6.88. The van der Waals surface area contributed by atoms with Crippen LogP contribution in [0.3, 0.4) is 0 Å². The third-order valence-electron chi connectivity index (χ3n) is 4.09. The molecule has 1 aliphatic rings. The summed E-state index contributed by atoms with van der Waals surface area (Å²) in [4.78, 5) is 12.3. The molecule has 2 heterocycles. The Hall–Kier alpha value is -1.62. The Labute approximate surface area is 111 Å². The van der Waals surface area contributed by atoms with Crippen LogP contribution in [0.5, 0.6) is 0 Å². The van der Waals surface area contributed by atoms with E-state index in [0.29, 0.717) is 18.0 Å². The summed E-state index contributed by atoms with van der Waals surface area (Å²) in [5, 5.41) is 14.0. The third kappa shape index (κ3) is 2.30. The van der Waals surface area contributed by atoms with Gasteiger partial charge in [-0.15, -0.1) is 0 Å². The van der Waals surface area contributed by atoms with E-state index in [1.54, 1.807) is 15.3 Å². The number of nitrogens with zero attached hydrogens (tertiary/aromatic N) is 3. The zero-order valence-corrected chi connectivity index (χ0v) is 11.1. The van der Waals surface area contributed by atoms with Crippen molar-refractivity contribution < 1.29 is 5.11 Å². The summed E-state index contributed by atoms with van der Waals surface area (Å²) in [5.41, 5.74) is 1.46. The first-order valence-corrected chi connectivity index (χ1v) is 6.88. The van der Waals surface area contributed by atoms with E-state index in [2.05, 4.69) is 5.10 Å². The minimum atomic E-state index is -0.184. The molecule has 1 aliphatic carbocycles. The van der Waals surface area contributed by atoms with Crippen LogP contribution in [-0.2, 0) is 6.54 Å². The fourth-order valence-corrected chi connectivity index (χ4v) is 2.98. The number of aryl methyl sites for hydroxylation is 2. The van der Waals surface area contributed by atoms with E-state index in [0.717, 1.165) is 31.4 Å². The van der Waals surface area contributed by atoms with E-state index < -0.39 is 0 Å². The molecule has 2 aromatic heterocycles. The molecule has 1 fully saturated rings. The number of hydrogen-bond donors (Lipinski definition) is 1. The lowest BCUT2D eigenvalue weighted by Gasteiger charge is -2.14. The van der Waals surface area contributed by atoms with Crippen molar-refractivity contribution in [2.75, 3.05) is 0 Å². The van der Waals surface area contributed by atoms with Crippen molar-refractivity contribution in [3.63, 3.8) is 0 Å². The fraction of sp³-hybridized carbons (Fsp3) is 0.571. The molecule has 5 nitrogen and oxygen atoms in total. The van der Waals surface area contributed by atoms with E-state index in [-0.39, 0.29) is 11.7 Å². The molecule has 0 aliphatic heterocycles. The van der Waals surface area contributed by atoms with Gasteiger partial charge in [0.15, 0.2) is 0 Å². The smallest absolute Gasteiger partial charge is 0.276 e. The standard InChI is InChI=1S/C14H19N3O2/c1-10-9-12-14(19)16(7-8-17(12)15-10)6-5-11-3-2-4-13(11)18/h7-9,11,13,18H,2-6H2,1H3. The lowest BCUT2D eigenvalue weighted by molar-refractivity contribution is 0.125. The summed E-state index contributed by atoms with van der Waals surface area (Å²) in [6.45, 7) is 2.55. The molecular weight excluding hydrogens is 242 g/mol. The molecule has 0 aromatic carbocycles. The normalized spacial score (nSPS) is 23.3. The zero-order chi connectivity index (χ0) is 13.4. The number of aromatic nitrogens is 3. The average molecular weight is 261 g/mol. The second-order valence-electron chi connectivity index (χ2n) is 5.46. The maximum atomic E-state index is 12.3. The summed E-state index contributed by atoms with van der Waals surface area (Å²) in [7, 11) is 0. The van der Waals surface area contributed by atoms with Crippen LogP contribution in [0.25, 0.3) is 5.52 Å². The molecule has 102 valence electrons. The SMILES string of the molecule is Cc1cc2c(=O)n(CCC3CCCC3O)ccn2n1. The highest BCUT2D eigenvalue weighted by Crippen LogP contribution is 2.28. The van der Waals surface area contributed by atoms with Gasteiger partial charge in [0.25, 0.3) is 5.56 Å². The number of fused-ring (bicyclic) bond motifs is 1. The third-order valence-corrected chi connectivity index (χ3v) is 4.09. The first kappa shape index (κ1) is 12.4.